The van der Waals surface area contributed by atoms with E-state index < -0.39 is 0 Å². The lowest BCUT2D eigenvalue weighted by Gasteiger charge is -2.40. The third kappa shape index (κ3) is 2.77. The number of hydrogen-bond acceptors (Lipinski definition) is 3. The molecule has 0 saturated carbocycles. The average Bonchev–Trinajstić information content (AvgIpc) is 2.38. The molecule has 1 amide bonds. The van der Waals surface area contributed by atoms with Gasteiger partial charge in [-0.05, 0) is 25.0 Å². The van der Waals surface area contributed by atoms with Gasteiger partial charge in [0.1, 0.15) is 0 Å². The van der Waals surface area contributed by atoms with Crippen molar-refractivity contribution in [2.24, 2.45) is 0 Å². The maximum absolute atomic E-state index is 11.9. The Bertz CT molecular complexity index is 367. The Morgan fingerprint density at radius 3 is 2.71 bits per heavy atom. The van der Waals surface area contributed by atoms with Crippen molar-refractivity contribution in [2.45, 2.75) is 19.3 Å². The summed E-state index contributed by atoms with van der Waals surface area (Å²) in [5, 5.41) is 12.7. The molecule has 0 bridgehead atoms. The summed E-state index contributed by atoms with van der Waals surface area (Å²) in [6.07, 6.45) is 2.12. The first kappa shape index (κ1) is 11.9. The van der Waals surface area contributed by atoms with E-state index in [2.05, 4.69) is 0 Å². The average molecular weight is 234 g/mol. The topological polar surface area (TPSA) is 43.8 Å². The van der Waals surface area contributed by atoms with Gasteiger partial charge in [0.15, 0.2) is 0 Å². The summed E-state index contributed by atoms with van der Waals surface area (Å²) in [5.41, 5.74) is 1.04. The molecule has 0 aromatic heterocycles. The first-order valence-electron chi connectivity index (χ1n) is 6.06. The Labute approximate surface area is 101 Å². The van der Waals surface area contributed by atoms with Gasteiger partial charge < -0.3 is 5.11 Å². The van der Waals surface area contributed by atoms with Crippen LogP contribution < -0.4 is 5.01 Å². The van der Waals surface area contributed by atoms with Gasteiger partial charge in [-0.1, -0.05) is 18.2 Å². The number of carbonyl (C=O) groups is 1. The van der Waals surface area contributed by atoms with Gasteiger partial charge in [-0.2, -0.15) is 0 Å². The van der Waals surface area contributed by atoms with E-state index in [0.29, 0.717) is 19.4 Å². The van der Waals surface area contributed by atoms with Crippen molar-refractivity contribution in [3.8, 4) is 0 Å². The van der Waals surface area contributed by atoms with Crippen molar-refractivity contribution in [1.82, 2.24) is 5.01 Å². The molecular formula is C13H18N2O2. The highest BCUT2D eigenvalue weighted by atomic mass is 16.3. The number of carbonyl (C=O) groups excluding carboxylic acids is 1. The Balaban J connectivity index is 2.14. The van der Waals surface area contributed by atoms with Crippen molar-refractivity contribution in [2.75, 3.05) is 24.7 Å². The summed E-state index contributed by atoms with van der Waals surface area (Å²) in [6, 6.07) is 9.92. The molecule has 2 rings (SSSR count). The summed E-state index contributed by atoms with van der Waals surface area (Å²) in [5.74, 6) is 0.147. The summed E-state index contributed by atoms with van der Waals surface area (Å²) in [7, 11) is 0. The fourth-order valence-corrected chi connectivity index (χ4v) is 2.10. The van der Waals surface area contributed by atoms with E-state index in [1.54, 1.807) is 5.01 Å². The van der Waals surface area contributed by atoms with Crippen molar-refractivity contribution < 1.29 is 9.90 Å². The monoisotopic (exact) mass is 234 g/mol. The number of benzene rings is 1. The van der Waals surface area contributed by atoms with Crippen molar-refractivity contribution in [1.29, 1.82) is 0 Å². The highest BCUT2D eigenvalue weighted by molar-refractivity contribution is 5.79. The Hall–Kier alpha value is -1.55. The van der Waals surface area contributed by atoms with Gasteiger partial charge in [-0.15, -0.1) is 0 Å². The third-order valence-electron chi connectivity index (χ3n) is 2.92. The van der Waals surface area contributed by atoms with Crippen molar-refractivity contribution in [3.05, 3.63) is 30.3 Å². The van der Waals surface area contributed by atoms with Crippen LogP contribution >= 0.6 is 0 Å². The van der Waals surface area contributed by atoms with Crippen LogP contribution in [0.4, 0.5) is 5.69 Å². The zero-order valence-corrected chi connectivity index (χ0v) is 9.88. The van der Waals surface area contributed by atoms with Gasteiger partial charge in [-0.3, -0.25) is 14.8 Å². The molecule has 1 aromatic carbocycles. The Morgan fingerprint density at radius 2 is 2.00 bits per heavy atom. The molecular weight excluding hydrogens is 216 g/mol. The largest absolute Gasteiger partial charge is 0.396 e. The maximum atomic E-state index is 11.9. The minimum Gasteiger partial charge on any atom is -0.396 e. The Kier molecular flexibility index (Phi) is 3.98. The molecule has 92 valence electrons. The van der Waals surface area contributed by atoms with Gasteiger partial charge in [0.2, 0.25) is 5.91 Å². The van der Waals surface area contributed by atoms with Crippen LogP contribution in [0.5, 0.6) is 0 Å². The van der Waals surface area contributed by atoms with Gasteiger partial charge >= 0.3 is 0 Å². The molecule has 1 aromatic rings. The van der Waals surface area contributed by atoms with Gasteiger partial charge in [0, 0.05) is 26.1 Å². The molecule has 1 saturated heterocycles. The van der Waals surface area contributed by atoms with E-state index in [9.17, 15) is 4.79 Å². The van der Waals surface area contributed by atoms with E-state index >= 15 is 0 Å². The van der Waals surface area contributed by atoms with Crippen molar-refractivity contribution in [3.63, 3.8) is 0 Å². The lowest BCUT2D eigenvalue weighted by Crippen LogP contribution is -2.51. The lowest BCUT2D eigenvalue weighted by atomic mass is 10.2. The number of para-hydroxylation sites is 1. The zero-order valence-electron chi connectivity index (χ0n) is 9.88. The van der Waals surface area contributed by atoms with Crippen LogP contribution in [-0.4, -0.2) is 35.7 Å². The van der Waals surface area contributed by atoms with Crippen molar-refractivity contribution >= 4 is 11.6 Å². The number of hydrazine groups is 1. The SMILES string of the molecule is O=C1CCCN(c2ccccc2)N1CCCO. The second-order valence-electron chi connectivity index (χ2n) is 4.16. The number of rotatable bonds is 4. The lowest BCUT2D eigenvalue weighted by molar-refractivity contribution is -0.133. The summed E-state index contributed by atoms with van der Waals surface area (Å²) < 4.78 is 0. The molecule has 4 nitrogen and oxygen atoms in total. The number of aliphatic hydroxyl groups is 1. The summed E-state index contributed by atoms with van der Waals surface area (Å²) in [6.45, 7) is 1.57. The highest BCUT2D eigenvalue weighted by Gasteiger charge is 2.25. The highest BCUT2D eigenvalue weighted by Crippen LogP contribution is 2.21. The van der Waals surface area contributed by atoms with Crippen LogP contribution in [0.25, 0.3) is 0 Å². The number of amides is 1. The second-order valence-corrected chi connectivity index (χ2v) is 4.16. The van der Waals surface area contributed by atoms with Crippen LogP contribution in [0.2, 0.25) is 0 Å². The molecule has 0 radical (unpaired) electrons. The molecule has 0 unspecified atom stereocenters. The molecule has 1 aliphatic rings. The van der Waals surface area contributed by atoms with Crippen LogP contribution in [-0.2, 0) is 4.79 Å². The molecule has 0 aliphatic carbocycles. The predicted octanol–water partition coefficient (Wildman–Crippen LogP) is 1.41. The predicted molar refractivity (Wildman–Crippen MR) is 66.4 cm³/mol. The summed E-state index contributed by atoms with van der Waals surface area (Å²) in [4.78, 5) is 11.9. The fourth-order valence-electron chi connectivity index (χ4n) is 2.10. The third-order valence-corrected chi connectivity index (χ3v) is 2.92. The van der Waals surface area contributed by atoms with Gasteiger partial charge in [0.25, 0.3) is 0 Å². The van der Waals surface area contributed by atoms with Crippen LogP contribution in [0.15, 0.2) is 30.3 Å². The number of anilines is 1. The van der Waals surface area contributed by atoms with Gasteiger partial charge in [0.05, 0.1) is 5.69 Å². The first-order chi connectivity index (χ1) is 8.33. The first-order valence-corrected chi connectivity index (χ1v) is 6.06. The molecule has 1 heterocycles. The molecule has 1 aliphatic heterocycles. The molecule has 1 fully saturated rings. The zero-order chi connectivity index (χ0) is 12.1. The quantitative estimate of drug-likeness (QED) is 0.856. The van der Waals surface area contributed by atoms with E-state index in [4.69, 9.17) is 5.11 Å². The Morgan fingerprint density at radius 1 is 1.24 bits per heavy atom. The molecule has 1 N–H and O–H groups in total. The minimum atomic E-state index is 0.117. The van der Waals surface area contributed by atoms with Crippen LogP contribution in [0, 0.1) is 0 Å². The van der Waals surface area contributed by atoms with Crippen LogP contribution in [0.1, 0.15) is 19.3 Å². The smallest absolute Gasteiger partial charge is 0.241 e. The number of aliphatic hydroxyl groups excluding tert-OH is 1. The summed E-state index contributed by atoms with van der Waals surface area (Å²) >= 11 is 0. The second kappa shape index (κ2) is 5.68. The van der Waals surface area contributed by atoms with Gasteiger partial charge in [-0.25, -0.2) is 0 Å². The fraction of sp³-hybridized carbons (Fsp3) is 0.462. The standard InChI is InChI=1S/C13H18N2O2/c16-11-5-10-15-13(17)8-4-9-14(15)12-6-2-1-3-7-12/h1-3,6-7,16H,4-5,8-11H2. The van der Waals surface area contributed by atoms with E-state index in [1.807, 2.05) is 35.3 Å². The number of nitrogens with zero attached hydrogens (tertiary/aromatic N) is 2. The normalized spacial score (nSPS) is 16.4. The molecule has 0 spiro atoms. The van der Waals surface area contributed by atoms with E-state index in [0.717, 1.165) is 18.7 Å². The molecule has 0 atom stereocenters. The van der Waals surface area contributed by atoms with E-state index in [1.165, 1.54) is 0 Å². The molecule has 17 heavy (non-hydrogen) atoms. The maximum Gasteiger partial charge on any atom is 0.241 e. The molecule has 4 heteroatoms. The number of hydrogen-bond donors (Lipinski definition) is 1. The van der Waals surface area contributed by atoms with E-state index in [-0.39, 0.29) is 12.5 Å². The van der Waals surface area contributed by atoms with Crippen LogP contribution in [0.3, 0.4) is 0 Å². The minimum absolute atomic E-state index is 0.117.